The van der Waals surface area contributed by atoms with Gasteiger partial charge >= 0.3 is 0 Å². The fourth-order valence-corrected chi connectivity index (χ4v) is 4.40. The van der Waals surface area contributed by atoms with E-state index < -0.39 is 0 Å². The highest BCUT2D eigenvalue weighted by atomic mass is 32.2. The van der Waals surface area contributed by atoms with Crippen LogP contribution in [0.2, 0.25) is 0 Å². The first-order chi connectivity index (χ1) is 9.61. The molecule has 112 valence electrons. The van der Waals surface area contributed by atoms with Crippen LogP contribution in [-0.2, 0) is 0 Å². The molecule has 20 heavy (non-hydrogen) atoms. The topological polar surface area (TPSA) is 42.4 Å². The Balaban J connectivity index is 1.76. The Morgan fingerprint density at radius 1 is 1.40 bits per heavy atom. The summed E-state index contributed by atoms with van der Waals surface area (Å²) in [5.74, 6) is 4.85. The molecule has 1 aromatic heterocycles. The molecular formula is C16H26N2OS. The van der Waals surface area contributed by atoms with Crippen molar-refractivity contribution in [2.45, 2.75) is 50.4 Å². The molecule has 0 radical (unpaired) electrons. The summed E-state index contributed by atoms with van der Waals surface area (Å²) in [5, 5.41) is 0.663. The second-order valence-electron chi connectivity index (χ2n) is 6.37. The van der Waals surface area contributed by atoms with Gasteiger partial charge in [-0.3, -0.25) is 4.90 Å². The normalized spacial score (nSPS) is 36.0. The van der Waals surface area contributed by atoms with Gasteiger partial charge in [0, 0.05) is 36.1 Å². The van der Waals surface area contributed by atoms with E-state index in [9.17, 15) is 0 Å². The van der Waals surface area contributed by atoms with Crippen molar-refractivity contribution in [3.8, 4) is 0 Å². The molecule has 2 heterocycles. The first-order valence-corrected chi connectivity index (χ1v) is 8.83. The van der Waals surface area contributed by atoms with Crippen molar-refractivity contribution in [2.75, 3.05) is 18.8 Å². The average molecular weight is 294 g/mol. The quantitative estimate of drug-likeness (QED) is 0.926. The largest absolute Gasteiger partial charge is 0.464 e. The van der Waals surface area contributed by atoms with E-state index in [2.05, 4.69) is 49.6 Å². The van der Waals surface area contributed by atoms with E-state index in [1.807, 2.05) is 0 Å². The van der Waals surface area contributed by atoms with E-state index in [0.29, 0.717) is 23.8 Å². The van der Waals surface area contributed by atoms with Gasteiger partial charge in [0.2, 0.25) is 0 Å². The van der Waals surface area contributed by atoms with Gasteiger partial charge in [0.1, 0.15) is 11.5 Å². The summed E-state index contributed by atoms with van der Waals surface area (Å²) < 4.78 is 6.14. The minimum atomic E-state index is 0.233. The van der Waals surface area contributed by atoms with Crippen LogP contribution in [0, 0.1) is 5.92 Å². The average Bonchev–Trinajstić information content (AvgIpc) is 2.98. The molecule has 1 saturated heterocycles. The second-order valence-corrected chi connectivity index (χ2v) is 7.85. The molecule has 0 spiro atoms. The Kier molecular flexibility index (Phi) is 4.16. The van der Waals surface area contributed by atoms with Crippen molar-refractivity contribution >= 4 is 11.8 Å². The van der Waals surface area contributed by atoms with Crippen LogP contribution in [0.15, 0.2) is 16.5 Å². The van der Waals surface area contributed by atoms with Gasteiger partial charge < -0.3 is 10.2 Å². The Bertz CT molecular complexity index is 461. The SMILES string of the molecule is CC1CC1c1ccc(C(CN)N2CCSC(C)C2C)o1. The zero-order valence-corrected chi connectivity index (χ0v) is 13.5. The van der Waals surface area contributed by atoms with Crippen molar-refractivity contribution in [1.29, 1.82) is 0 Å². The second kappa shape index (κ2) is 5.74. The van der Waals surface area contributed by atoms with Gasteiger partial charge in [0.15, 0.2) is 0 Å². The zero-order chi connectivity index (χ0) is 14.3. The van der Waals surface area contributed by atoms with Crippen LogP contribution in [0.1, 0.15) is 50.7 Å². The molecule has 2 fully saturated rings. The van der Waals surface area contributed by atoms with Crippen LogP contribution in [-0.4, -0.2) is 35.0 Å². The molecule has 4 heteroatoms. The maximum absolute atomic E-state index is 6.14. The van der Waals surface area contributed by atoms with Gasteiger partial charge in [-0.2, -0.15) is 11.8 Å². The van der Waals surface area contributed by atoms with Crippen molar-refractivity contribution in [3.05, 3.63) is 23.7 Å². The first-order valence-electron chi connectivity index (χ1n) is 7.78. The summed E-state index contributed by atoms with van der Waals surface area (Å²) >= 11 is 2.06. The number of nitrogens with two attached hydrogens (primary N) is 1. The minimum absolute atomic E-state index is 0.233. The molecule has 1 aliphatic heterocycles. The van der Waals surface area contributed by atoms with Gasteiger partial charge in [-0.25, -0.2) is 0 Å². The number of hydrogen-bond donors (Lipinski definition) is 1. The summed E-state index contributed by atoms with van der Waals surface area (Å²) in [6, 6.07) is 5.10. The van der Waals surface area contributed by atoms with E-state index in [1.165, 1.54) is 12.2 Å². The number of thioether (sulfide) groups is 1. The molecule has 2 N–H and O–H groups in total. The maximum Gasteiger partial charge on any atom is 0.122 e. The molecule has 1 saturated carbocycles. The van der Waals surface area contributed by atoms with Crippen LogP contribution in [0.3, 0.4) is 0 Å². The van der Waals surface area contributed by atoms with Crippen LogP contribution >= 0.6 is 11.8 Å². The Morgan fingerprint density at radius 3 is 2.80 bits per heavy atom. The fourth-order valence-electron chi connectivity index (χ4n) is 3.28. The molecule has 0 aromatic carbocycles. The molecule has 0 amide bonds. The van der Waals surface area contributed by atoms with Crippen molar-refractivity contribution in [2.24, 2.45) is 11.7 Å². The minimum Gasteiger partial charge on any atom is -0.464 e. The lowest BCUT2D eigenvalue weighted by Gasteiger charge is -2.41. The molecule has 2 aliphatic rings. The summed E-state index contributed by atoms with van der Waals surface area (Å²) in [5.41, 5.74) is 6.06. The lowest BCUT2D eigenvalue weighted by atomic mass is 10.1. The third-order valence-corrected chi connectivity index (χ3v) is 6.35. The molecule has 1 aliphatic carbocycles. The van der Waals surface area contributed by atoms with Crippen molar-refractivity contribution in [3.63, 3.8) is 0 Å². The van der Waals surface area contributed by atoms with Gasteiger partial charge in [0.25, 0.3) is 0 Å². The summed E-state index contributed by atoms with van der Waals surface area (Å²) in [7, 11) is 0. The lowest BCUT2D eigenvalue weighted by molar-refractivity contribution is 0.132. The summed E-state index contributed by atoms with van der Waals surface area (Å²) in [6.45, 7) is 8.66. The molecule has 0 bridgehead atoms. The van der Waals surface area contributed by atoms with Crippen LogP contribution in [0.5, 0.6) is 0 Å². The van der Waals surface area contributed by atoms with E-state index in [-0.39, 0.29) is 6.04 Å². The standard InChI is InChI=1S/C16H26N2OS/c1-10-8-13(10)15-4-5-16(19-15)14(9-17)18-6-7-20-12(3)11(18)2/h4-5,10-14H,6-9,17H2,1-3H3. The Labute approximate surface area is 126 Å². The monoisotopic (exact) mass is 294 g/mol. The number of nitrogens with zero attached hydrogens (tertiary/aromatic N) is 1. The van der Waals surface area contributed by atoms with Crippen molar-refractivity contribution < 1.29 is 4.42 Å². The fraction of sp³-hybridized carbons (Fsp3) is 0.750. The maximum atomic E-state index is 6.14. The van der Waals surface area contributed by atoms with E-state index in [1.54, 1.807) is 0 Å². The highest BCUT2D eigenvalue weighted by Crippen LogP contribution is 2.48. The third-order valence-electron chi connectivity index (χ3n) is 5.01. The smallest absolute Gasteiger partial charge is 0.122 e. The van der Waals surface area contributed by atoms with Gasteiger partial charge in [-0.05, 0) is 31.4 Å². The summed E-state index contributed by atoms with van der Waals surface area (Å²) in [6.07, 6.45) is 1.27. The van der Waals surface area contributed by atoms with Gasteiger partial charge in [-0.1, -0.05) is 13.8 Å². The Morgan fingerprint density at radius 2 is 2.15 bits per heavy atom. The van der Waals surface area contributed by atoms with E-state index >= 15 is 0 Å². The van der Waals surface area contributed by atoms with Crippen LogP contribution < -0.4 is 5.73 Å². The summed E-state index contributed by atoms with van der Waals surface area (Å²) in [4.78, 5) is 2.53. The predicted molar refractivity (Wildman–Crippen MR) is 85.1 cm³/mol. The molecule has 3 nitrogen and oxygen atoms in total. The predicted octanol–water partition coefficient (Wildman–Crippen LogP) is 3.23. The van der Waals surface area contributed by atoms with Crippen LogP contribution in [0.25, 0.3) is 0 Å². The third kappa shape index (κ3) is 2.66. The van der Waals surface area contributed by atoms with E-state index in [0.717, 1.165) is 24.0 Å². The molecule has 3 rings (SSSR count). The molecule has 5 unspecified atom stereocenters. The van der Waals surface area contributed by atoms with Crippen molar-refractivity contribution in [1.82, 2.24) is 4.90 Å². The molecule has 1 aromatic rings. The van der Waals surface area contributed by atoms with Crippen LogP contribution in [0.4, 0.5) is 0 Å². The first kappa shape index (κ1) is 14.5. The zero-order valence-electron chi connectivity index (χ0n) is 12.7. The Hall–Kier alpha value is -0.450. The lowest BCUT2D eigenvalue weighted by Crippen LogP contribution is -2.48. The highest BCUT2D eigenvalue weighted by molar-refractivity contribution is 8.00. The molecular weight excluding hydrogens is 268 g/mol. The highest BCUT2D eigenvalue weighted by Gasteiger charge is 2.38. The van der Waals surface area contributed by atoms with E-state index in [4.69, 9.17) is 10.2 Å². The van der Waals surface area contributed by atoms with Gasteiger partial charge in [-0.15, -0.1) is 0 Å². The molecule has 5 atom stereocenters. The number of rotatable bonds is 4. The number of furan rings is 1. The number of hydrogen-bond acceptors (Lipinski definition) is 4. The van der Waals surface area contributed by atoms with Gasteiger partial charge in [0.05, 0.1) is 6.04 Å².